The molecule has 0 bridgehead atoms. The molecule has 0 radical (unpaired) electrons. The van der Waals surface area contributed by atoms with Crippen LogP contribution in [0, 0.1) is 0 Å². The minimum absolute atomic E-state index is 0.0846. The molecule has 0 aliphatic heterocycles. The van der Waals surface area contributed by atoms with Crippen LogP contribution >= 0.6 is 8.25 Å². The van der Waals surface area contributed by atoms with E-state index in [9.17, 15) is 13.3 Å². The van der Waals surface area contributed by atoms with Gasteiger partial charge in [0.15, 0.2) is 0 Å². The van der Waals surface area contributed by atoms with E-state index in [1.807, 2.05) is 0 Å². The van der Waals surface area contributed by atoms with Gasteiger partial charge in [-0.25, -0.2) is 4.52 Å². The van der Waals surface area contributed by atoms with Crippen LogP contribution in [0.15, 0.2) is 12.3 Å². The molecule has 0 aromatic carbocycles. The highest BCUT2D eigenvalue weighted by molar-refractivity contribution is 7.32. The maximum absolute atomic E-state index is 10.9. The molecule has 1 N–H and O–H groups in total. The van der Waals surface area contributed by atoms with Gasteiger partial charge in [-0.2, -0.15) is 8.78 Å². The maximum Gasteiger partial charge on any atom is 0.747 e. The van der Waals surface area contributed by atoms with Gasteiger partial charge in [-0.15, -0.1) is 4.89 Å². The van der Waals surface area contributed by atoms with Crippen molar-refractivity contribution in [1.82, 2.24) is 0 Å². The summed E-state index contributed by atoms with van der Waals surface area (Å²) in [7, 11) is -2.94. The Kier molecular flexibility index (Phi) is 3.23. The zero-order valence-electron chi connectivity index (χ0n) is 3.54. The van der Waals surface area contributed by atoms with Crippen molar-refractivity contribution in [2.75, 3.05) is 0 Å². The Hall–Kier alpha value is -0.540. The Labute approximate surface area is 44.5 Å². The van der Waals surface area contributed by atoms with Crippen LogP contribution in [0.4, 0.5) is 8.78 Å². The molecule has 0 spiro atoms. The van der Waals surface area contributed by atoms with Crippen LogP contribution in [0.5, 0.6) is 0 Å². The van der Waals surface area contributed by atoms with Crippen molar-refractivity contribution in [2.24, 2.45) is 0 Å². The van der Waals surface area contributed by atoms with E-state index in [-0.39, 0.29) is 6.26 Å². The lowest BCUT2D eigenvalue weighted by Crippen LogP contribution is -1.63. The SMILES string of the molecule is O=[P+](O)OC=C(F)F. The smallest absolute Gasteiger partial charge is 0.232 e. The summed E-state index contributed by atoms with van der Waals surface area (Å²) < 4.78 is 34.7. The van der Waals surface area contributed by atoms with Crippen molar-refractivity contribution in [3.8, 4) is 0 Å². The lowest BCUT2D eigenvalue weighted by molar-refractivity contribution is 0.335. The predicted octanol–water partition coefficient (Wildman–Crippen LogP) is 1.39. The second kappa shape index (κ2) is 3.46. The highest BCUT2D eigenvalue weighted by Gasteiger charge is 2.09. The van der Waals surface area contributed by atoms with E-state index in [0.717, 1.165) is 0 Å². The minimum atomic E-state index is -2.94. The van der Waals surface area contributed by atoms with Gasteiger partial charge in [0.2, 0.25) is 6.26 Å². The molecular formula is C2H2F2O3P+. The van der Waals surface area contributed by atoms with Gasteiger partial charge in [0.05, 0.1) is 0 Å². The average Bonchev–Trinajstić information content (AvgIpc) is 1.61. The second-order valence-corrected chi connectivity index (χ2v) is 1.44. The number of rotatable bonds is 2. The summed E-state index contributed by atoms with van der Waals surface area (Å²) in [5, 5.41) is 0. The molecule has 0 aliphatic rings. The lowest BCUT2D eigenvalue weighted by Gasteiger charge is -1.70. The Morgan fingerprint density at radius 2 is 2.25 bits per heavy atom. The van der Waals surface area contributed by atoms with Crippen molar-refractivity contribution in [1.29, 1.82) is 0 Å². The molecule has 0 saturated carbocycles. The molecule has 0 amide bonds. The van der Waals surface area contributed by atoms with Gasteiger partial charge in [0.25, 0.3) is 0 Å². The van der Waals surface area contributed by atoms with Gasteiger partial charge in [-0.3, -0.25) is 0 Å². The fourth-order valence-corrected chi connectivity index (χ4v) is 0.255. The molecule has 3 nitrogen and oxygen atoms in total. The number of hydrogen-bond acceptors (Lipinski definition) is 2. The highest BCUT2D eigenvalue weighted by Crippen LogP contribution is 2.16. The number of halogens is 2. The van der Waals surface area contributed by atoms with E-state index in [2.05, 4.69) is 4.52 Å². The first-order chi connectivity index (χ1) is 3.63. The van der Waals surface area contributed by atoms with Gasteiger partial charge in [-0.1, -0.05) is 0 Å². The van der Waals surface area contributed by atoms with Gasteiger partial charge in [-0.05, 0) is 0 Å². The quantitative estimate of drug-likeness (QED) is 0.469. The van der Waals surface area contributed by atoms with Crippen molar-refractivity contribution in [3.05, 3.63) is 12.3 Å². The van der Waals surface area contributed by atoms with Crippen molar-refractivity contribution < 1.29 is 22.8 Å². The Morgan fingerprint density at radius 3 is 2.38 bits per heavy atom. The molecule has 6 heteroatoms. The summed E-state index contributed by atoms with van der Waals surface area (Å²) in [5.41, 5.74) is 0. The molecule has 0 rings (SSSR count). The first-order valence-corrected chi connectivity index (χ1v) is 2.60. The van der Waals surface area contributed by atoms with E-state index < -0.39 is 14.3 Å². The Balaban J connectivity index is 3.45. The number of hydrogen-bond donors (Lipinski definition) is 1. The fourth-order valence-electron chi connectivity index (χ4n) is 0.0849. The first kappa shape index (κ1) is 7.46. The topological polar surface area (TPSA) is 46.5 Å². The second-order valence-electron chi connectivity index (χ2n) is 0.751. The lowest BCUT2D eigenvalue weighted by atomic mass is 11.1. The zero-order chi connectivity index (χ0) is 6.57. The van der Waals surface area contributed by atoms with Crippen molar-refractivity contribution in [3.63, 3.8) is 0 Å². The molecule has 46 valence electrons. The van der Waals surface area contributed by atoms with E-state index in [4.69, 9.17) is 4.89 Å². The summed E-state index contributed by atoms with van der Waals surface area (Å²) in [6, 6.07) is 0. The standard InChI is InChI=1S/C2HF2O3P/c3-2(4)1-7-8(5)6/h1H/p+1. The van der Waals surface area contributed by atoms with Gasteiger partial charge in [0.1, 0.15) is 0 Å². The van der Waals surface area contributed by atoms with Crippen LogP contribution in [-0.2, 0) is 9.09 Å². The molecule has 0 aliphatic carbocycles. The molecule has 0 aromatic heterocycles. The minimum Gasteiger partial charge on any atom is -0.232 e. The van der Waals surface area contributed by atoms with Crippen LogP contribution in [0.1, 0.15) is 0 Å². The summed E-state index contributed by atoms with van der Waals surface area (Å²) in [5.74, 6) is 0. The van der Waals surface area contributed by atoms with Crippen molar-refractivity contribution in [2.45, 2.75) is 0 Å². The van der Waals surface area contributed by atoms with E-state index in [1.54, 1.807) is 0 Å². The molecule has 0 heterocycles. The van der Waals surface area contributed by atoms with Gasteiger partial charge in [0, 0.05) is 4.57 Å². The van der Waals surface area contributed by atoms with Crippen LogP contribution in [0.3, 0.4) is 0 Å². The van der Waals surface area contributed by atoms with E-state index in [1.165, 1.54) is 0 Å². The molecule has 8 heavy (non-hydrogen) atoms. The highest BCUT2D eigenvalue weighted by atomic mass is 31.1. The molecule has 1 unspecified atom stereocenters. The normalized spacial score (nSPS) is 10.1. The van der Waals surface area contributed by atoms with Crippen LogP contribution in [-0.4, -0.2) is 4.89 Å². The summed E-state index contributed by atoms with van der Waals surface area (Å²) in [6.07, 6.45) is -2.22. The maximum atomic E-state index is 10.9. The molecule has 0 fully saturated rings. The van der Waals surface area contributed by atoms with Crippen LogP contribution in [0.25, 0.3) is 0 Å². The predicted molar refractivity (Wildman–Crippen MR) is 21.2 cm³/mol. The van der Waals surface area contributed by atoms with E-state index >= 15 is 0 Å². The van der Waals surface area contributed by atoms with Gasteiger partial charge < -0.3 is 0 Å². The summed E-state index contributed by atoms with van der Waals surface area (Å²) in [4.78, 5) is 7.71. The van der Waals surface area contributed by atoms with Gasteiger partial charge >= 0.3 is 14.3 Å². The Morgan fingerprint density at radius 1 is 1.75 bits per heavy atom. The third-order valence-corrected chi connectivity index (χ3v) is 0.518. The summed E-state index contributed by atoms with van der Waals surface area (Å²) in [6.45, 7) is 0. The summed E-state index contributed by atoms with van der Waals surface area (Å²) >= 11 is 0. The zero-order valence-corrected chi connectivity index (χ0v) is 4.44. The molecule has 0 aromatic rings. The largest absolute Gasteiger partial charge is 0.747 e. The fraction of sp³-hybridized carbons (Fsp3) is 0. The third-order valence-electron chi connectivity index (χ3n) is 0.232. The molecular weight excluding hydrogens is 141 g/mol. The van der Waals surface area contributed by atoms with Crippen LogP contribution < -0.4 is 0 Å². The molecule has 0 saturated heterocycles. The van der Waals surface area contributed by atoms with Crippen LogP contribution in [0.2, 0.25) is 0 Å². The monoisotopic (exact) mass is 143 g/mol. The molecule has 1 atom stereocenters. The Bertz CT molecular complexity index is 118. The third kappa shape index (κ3) is 5.46. The first-order valence-electron chi connectivity index (χ1n) is 1.47. The van der Waals surface area contributed by atoms with E-state index in [0.29, 0.717) is 0 Å². The average molecular weight is 143 g/mol. The van der Waals surface area contributed by atoms with Crippen molar-refractivity contribution >= 4 is 8.25 Å².